The summed E-state index contributed by atoms with van der Waals surface area (Å²) >= 11 is 1.12. The van der Waals surface area contributed by atoms with E-state index in [9.17, 15) is 24.1 Å². The van der Waals surface area contributed by atoms with Crippen LogP contribution in [0, 0.1) is 15.9 Å². The van der Waals surface area contributed by atoms with Gasteiger partial charge in [-0.25, -0.2) is 14.2 Å². The van der Waals surface area contributed by atoms with Crippen molar-refractivity contribution in [3.05, 3.63) is 107 Å². The first-order chi connectivity index (χ1) is 15.8. The predicted molar refractivity (Wildman–Crippen MR) is 120 cm³/mol. The average Bonchev–Trinajstić information content (AvgIpc) is 3.09. The molecule has 0 saturated heterocycles. The van der Waals surface area contributed by atoms with Crippen molar-refractivity contribution in [1.82, 2.24) is 4.57 Å². The maximum atomic E-state index is 13.4. The summed E-state index contributed by atoms with van der Waals surface area (Å²) in [5.74, 6) is -1.04. The number of carbonyl (C=O) groups is 1. The molecule has 8 nitrogen and oxygen atoms in total. The summed E-state index contributed by atoms with van der Waals surface area (Å²) < 4.78 is 20.1. The number of nitro benzene ring substituents is 1. The molecule has 3 aromatic rings. The second kappa shape index (κ2) is 8.91. The van der Waals surface area contributed by atoms with Gasteiger partial charge in [-0.15, -0.1) is 0 Å². The molecule has 0 bridgehead atoms. The Morgan fingerprint density at radius 1 is 1.30 bits per heavy atom. The van der Waals surface area contributed by atoms with Gasteiger partial charge in [0.05, 0.1) is 33.4 Å². The minimum absolute atomic E-state index is 0.117. The van der Waals surface area contributed by atoms with E-state index in [1.54, 1.807) is 38.1 Å². The van der Waals surface area contributed by atoms with E-state index in [2.05, 4.69) is 4.99 Å². The van der Waals surface area contributed by atoms with Crippen LogP contribution in [0.3, 0.4) is 0 Å². The Hall–Kier alpha value is -3.92. The van der Waals surface area contributed by atoms with Crippen molar-refractivity contribution < 1.29 is 18.8 Å². The average molecular weight is 467 g/mol. The highest BCUT2D eigenvalue weighted by Gasteiger charge is 2.34. The minimum atomic E-state index is -0.949. The van der Waals surface area contributed by atoms with E-state index in [-0.39, 0.29) is 17.9 Å². The molecule has 2 heterocycles. The summed E-state index contributed by atoms with van der Waals surface area (Å²) in [5.41, 5.74) is 0.913. The number of allylic oxidation sites excluding steroid dienone is 1. The molecule has 1 unspecified atom stereocenters. The molecular weight excluding hydrogens is 449 g/mol. The number of hydrogen-bond donors (Lipinski definition) is 0. The third-order valence-electron chi connectivity index (χ3n) is 5.08. The molecule has 1 aliphatic heterocycles. The van der Waals surface area contributed by atoms with Gasteiger partial charge in [-0.05, 0) is 43.2 Å². The quantitative estimate of drug-likeness (QED) is 0.326. The van der Waals surface area contributed by atoms with Crippen LogP contribution in [0.25, 0.3) is 6.08 Å². The van der Waals surface area contributed by atoms with E-state index in [1.165, 1.54) is 34.9 Å². The first-order valence-corrected chi connectivity index (χ1v) is 10.8. The molecule has 0 saturated carbocycles. The molecule has 168 valence electrons. The number of thiazole rings is 1. The molecule has 0 fully saturated rings. The summed E-state index contributed by atoms with van der Waals surface area (Å²) in [6.45, 7) is 3.41. The van der Waals surface area contributed by atoms with Gasteiger partial charge in [-0.2, -0.15) is 0 Å². The van der Waals surface area contributed by atoms with Crippen molar-refractivity contribution in [1.29, 1.82) is 0 Å². The number of carbonyl (C=O) groups excluding carboxylic acids is 1. The lowest BCUT2D eigenvalue weighted by Crippen LogP contribution is -2.40. The van der Waals surface area contributed by atoms with E-state index >= 15 is 0 Å². The number of ether oxygens (including phenoxy) is 1. The second-order valence-electron chi connectivity index (χ2n) is 7.21. The summed E-state index contributed by atoms with van der Waals surface area (Å²) in [5, 5.41) is 11.3. The predicted octanol–water partition coefficient (Wildman–Crippen LogP) is 2.85. The number of fused-ring (bicyclic) bond motifs is 1. The Labute approximate surface area is 190 Å². The standard InChI is InChI=1S/C23H18FN3O5S/c1-3-32-22(29)19-13(2)25-23-26(20(19)15-5-4-6-17(12-15)27(30)31)21(28)18(33-23)11-14-7-9-16(24)10-8-14/h4-12,20H,3H2,1-2H3. The SMILES string of the molecule is CCOC(=O)C1=C(C)N=c2sc(=Cc3ccc(F)cc3)c(=O)n2C1c1cccc([N+](=O)[O-])c1. The van der Waals surface area contributed by atoms with Gasteiger partial charge >= 0.3 is 5.97 Å². The number of rotatable bonds is 5. The van der Waals surface area contributed by atoms with Gasteiger partial charge in [0.1, 0.15) is 5.82 Å². The van der Waals surface area contributed by atoms with E-state index in [0.29, 0.717) is 26.2 Å². The molecule has 1 aliphatic rings. The number of esters is 1. The van der Waals surface area contributed by atoms with Crippen LogP contribution in [0.1, 0.15) is 31.0 Å². The van der Waals surface area contributed by atoms with E-state index in [0.717, 1.165) is 11.3 Å². The maximum absolute atomic E-state index is 13.4. The fourth-order valence-electron chi connectivity index (χ4n) is 3.63. The molecule has 33 heavy (non-hydrogen) atoms. The molecule has 0 aliphatic carbocycles. The van der Waals surface area contributed by atoms with Crippen LogP contribution >= 0.6 is 11.3 Å². The first-order valence-electron chi connectivity index (χ1n) is 9.99. The van der Waals surface area contributed by atoms with Gasteiger partial charge in [0, 0.05) is 12.1 Å². The molecule has 0 N–H and O–H groups in total. The number of benzene rings is 2. The highest BCUT2D eigenvalue weighted by Crippen LogP contribution is 2.32. The highest BCUT2D eigenvalue weighted by atomic mass is 32.1. The fraction of sp³-hybridized carbons (Fsp3) is 0.174. The van der Waals surface area contributed by atoms with Crippen molar-refractivity contribution in [2.24, 2.45) is 4.99 Å². The largest absolute Gasteiger partial charge is 0.463 e. The number of nitrogens with zero attached hydrogens (tertiary/aromatic N) is 3. The van der Waals surface area contributed by atoms with Gasteiger partial charge in [0.2, 0.25) is 0 Å². The highest BCUT2D eigenvalue weighted by molar-refractivity contribution is 7.07. The third kappa shape index (κ3) is 4.24. The third-order valence-corrected chi connectivity index (χ3v) is 6.06. The van der Waals surface area contributed by atoms with Crippen LogP contribution in [-0.2, 0) is 9.53 Å². The molecule has 1 atom stereocenters. The van der Waals surface area contributed by atoms with Crippen LogP contribution < -0.4 is 14.9 Å². The van der Waals surface area contributed by atoms with Gasteiger partial charge in [-0.1, -0.05) is 35.6 Å². The van der Waals surface area contributed by atoms with Crippen molar-refractivity contribution in [2.45, 2.75) is 19.9 Å². The Kier molecular flexibility index (Phi) is 6.01. The molecule has 0 amide bonds. The van der Waals surface area contributed by atoms with Crippen molar-refractivity contribution >= 4 is 29.1 Å². The van der Waals surface area contributed by atoms with Crippen LogP contribution in [0.4, 0.5) is 10.1 Å². The number of nitro groups is 1. The van der Waals surface area contributed by atoms with Crippen LogP contribution in [0.2, 0.25) is 0 Å². The Balaban J connectivity index is 1.97. The molecule has 2 aromatic carbocycles. The lowest BCUT2D eigenvalue weighted by Gasteiger charge is -2.24. The number of aromatic nitrogens is 1. The molecular formula is C23H18FN3O5S. The van der Waals surface area contributed by atoms with Crippen LogP contribution in [0.15, 0.2) is 69.6 Å². The summed E-state index contributed by atoms with van der Waals surface area (Å²) in [6.07, 6.45) is 1.61. The minimum Gasteiger partial charge on any atom is -0.463 e. The van der Waals surface area contributed by atoms with Gasteiger partial charge in [0.15, 0.2) is 4.80 Å². The molecule has 0 spiro atoms. The Morgan fingerprint density at radius 3 is 2.70 bits per heavy atom. The second-order valence-corrected chi connectivity index (χ2v) is 8.22. The molecule has 0 radical (unpaired) electrons. The molecule has 1 aromatic heterocycles. The van der Waals surface area contributed by atoms with E-state index < -0.39 is 28.3 Å². The number of halogens is 1. The zero-order valence-corrected chi connectivity index (χ0v) is 18.5. The smallest absolute Gasteiger partial charge is 0.338 e. The van der Waals surface area contributed by atoms with Crippen molar-refractivity contribution in [2.75, 3.05) is 6.61 Å². The summed E-state index contributed by atoms with van der Waals surface area (Å²) in [4.78, 5) is 41.9. The van der Waals surface area contributed by atoms with Crippen LogP contribution in [0.5, 0.6) is 0 Å². The van der Waals surface area contributed by atoms with Crippen molar-refractivity contribution in [3.63, 3.8) is 0 Å². The normalized spacial score (nSPS) is 15.7. The van der Waals surface area contributed by atoms with Gasteiger partial charge < -0.3 is 4.74 Å². The Morgan fingerprint density at radius 2 is 2.03 bits per heavy atom. The number of hydrogen-bond acceptors (Lipinski definition) is 7. The zero-order valence-electron chi connectivity index (χ0n) is 17.6. The van der Waals surface area contributed by atoms with E-state index in [1.807, 2.05) is 0 Å². The van der Waals surface area contributed by atoms with Gasteiger partial charge in [-0.3, -0.25) is 19.5 Å². The first kappa shape index (κ1) is 22.3. The lowest BCUT2D eigenvalue weighted by atomic mass is 9.95. The van der Waals surface area contributed by atoms with Crippen LogP contribution in [-0.4, -0.2) is 22.1 Å². The summed E-state index contributed by atoms with van der Waals surface area (Å²) in [7, 11) is 0. The Bertz CT molecular complexity index is 1470. The summed E-state index contributed by atoms with van der Waals surface area (Å²) in [6, 6.07) is 10.5. The molecule has 10 heteroatoms. The fourth-order valence-corrected chi connectivity index (χ4v) is 4.67. The van der Waals surface area contributed by atoms with Gasteiger partial charge in [0.25, 0.3) is 11.2 Å². The zero-order chi connectivity index (χ0) is 23.7. The topological polar surface area (TPSA) is 104 Å². The molecule has 4 rings (SSSR count). The van der Waals surface area contributed by atoms with E-state index in [4.69, 9.17) is 4.74 Å². The lowest BCUT2D eigenvalue weighted by molar-refractivity contribution is -0.384. The van der Waals surface area contributed by atoms with Crippen molar-refractivity contribution in [3.8, 4) is 0 Å². The maximum Gasteiger partial charge on any atom is 0.338 e. The number of non-ortho nitro benzene ring substituents is 1. The monoisotopic (exact) mass is 467 g/mol.